The van der Waals surface area contributed by atoms with Crippen molar-refractivity contribution in [3.63, 3.8) is 0 Å². The Labute approximate surface area is 112 Å². The van der Waals surface area contributed by atoms with Gasteiger partial charge in [0.2, 0.25) is 5.91 Å². The first kappa shape index (κ1) is 15.5. The van der Waals surface area contributed by atoms with Gasteiger partial charge < -0.3 is 11.1 Å². The maximum Gasteiger partial charge on any atom is 0.237 e. The first-order valence-corrected chi connectivity index (χ1v) is 7.26. The van der Waals surface area contributed by atoms with Crippen molar-refractivity contribution in [1.82, 2.24) is 5.32 Å². The molecule has 0 spiro atoms. The number of nitrogens with one attached hydrogen (secondary N) is 1. The van der Waals surface area contributed by atoms with Crippen molar-refractivity contribution in [2.75, 3.05) is 0 Å². The van der Waals surface area contributed by atoms with Gasteiger partial charge in [-0.05, 0) is 50.9 Å². The molecule has 0 radical (unpaired) electrons. The predicted octanol–water partition coefficient (Wildman–Crippen LogP) is 2.83. The number of rotatable bonds is 5. The van der Waals surface area contributed by atoms with Crippen LogP contribution in [0.2, 0.25) is 0 Å². The topological polar surface area (TPSA) is 55.1 Å². The average molecular weight is 254 g/mol. The standard InChI is InChI=1S/C15H30N2O/c1-6-14(2,3)11-7-9-12(10-8-11)17-15(4,5)13(16)18/h11-12,17H,6-10H2,1-5H3,(H2,16,18). The SMILES string of the molecule is CCC(C)(C)C1CCC(NC(C)(C)C(N)=O)CC1. The zero-order valence-electron chi connectivity index (χ0n) is 12.7. The molecule has 0 bridgehead atoms. The summed E-state index contributed by atoms with van der Waals surface area (Å²) < 4.78 is 0. The van der Waals surface area contributed by atoms with Gasteiger partial charge in [-0.3, -0.25) is 4.79 Å². The fourth-order valence-electron chi connectivity index (χ4n) is 2.89. The summed E-state index contributed by atoms with van der Waals surface area (Å²) in [4.78, 5) is 11.3. The number of carbonyl (C=O) groups excluding carboxylic acids is 1. The molecule has 1 amide bonds. The van der Waals surface area contributed by atoms with Crippen molar-refractivity contribution >= 4 is 5.91 Å². The van der Waals surface area contributed by atoms with E-state index in [0.717, 1.165) is 18.8 Å². The van der Waals surface area contributed by atoms with E-state index in [-0.39, 0.29) is 5.91 Å². The van der Waals surface area contributed by atoms with Gasteiger partial charge >= 0.3 is 0 Å². The Hall–Kier alpha value is -0.570. The van der Waals surface area contributed by atoms with E-state index in [1.54, 1.807) is 0 Å². The summed E-state index contributed by atoms with van der Waals surface area (Å²) >= 11 is 0. The molecule has 0 saturated heterocycles. The minimum Gasteiger partial charge on any atom is -0.368 e. The number of amides is 1. The van der Waals surface area contributed by atoms with Crippen LogP contribution in [0.15, 0.2) is 0 Å². The van der Waals surface area contributed by atoms with E-state index in [4.69, 9.17) is 5.73 Å². The summed E-state index contributed by atoms with van der Waals surface area (Å²) in [5.41, 5.74) is 5.27. The van der Waals surface area contributed by atoms with Crippen LogP contribution in [-0.2, 0) is 4.79 Å². The molecule has 0 unspecified atom stereocenters. The quantitative estimate of drug-likeness (QED) is 0.792. The number of nitrogens with two attached hydrogens (primary N) is 1. The molecule has 1 aliphatic carbocycles. The van der Waals surface area contributed by atoms with E-state index in [0.29, 0.717) is 11.5 Å². The third kappa shape index (κ3) is 3.71. The predicted molar refractivity (Wildman–Crippen MR) is 76.2 cm³/mol. The normalized spacial score (nSPS) is 26.1. The maximum absolute atomic E-state index is 11.3. The van der Waals surface area contributed by atoms with Gasteiger partial charge in [-0.1, -0.05) is 27.2 Å². The van der Waals surface area contributed by atoms with Crippen LogP contribution in [0, 0.1) is 11.3 Å². The molecule has 106 valence electrons. The van der Waals surface area contributed by atoms with Crippen LogP contribution in [0.4, 0.5) is 0 Å². The molecule has 3 N–H and O–H groups in total. The molecular formula is C15H30N2O. The fraction of sp³-hybridized carbons (Fsp3) is 0.933. The molecule has 1 aliphatic rings. The van der Waals surface area contributed by atoms with E-state index < -0.39 is 5.54 Å². The van der Waals surface area contributed by atoms with Crippen molar-refractivity contribution in [3.05, 3.63) is 0 Å². The molecule has 1 rings (SSSR count). The highest BCUT2D eigenvalue weighted by molar-refractivity contribution is 5.83. The number of hydrogen-bond donors (Lipinski definition) is 2. The second-order valence-corrected chi connectivity index (χ2v) is 7.02. The van der Waals surface area contributed by atoms with Crippen molar-refractivity contribution in [2.45, 2.75) is 78.3 Å². The largest absolute Gasteiger partial charge is 0.368 e. The Balaban J connectivity index is 2.48. The van der Waals surface area contributed by atoms with Crippen LogP contribution < -0.4 is 11.1 Å². The minimum atomic E-state index is -0.586. The highest BCUT2D eigenvalue weighted by Crippen LogP contribution is 2.40. The van der Waals surface area contributed by atoms with Crippen LogP contribution in [0.25, 0.3) is 0 Å². The van der Waals surface area contributed by atoms with E-state index in [9.17, 15) is 4.79 Å². The van der Waals surface area contributed by atoms with E-state index in [2.05, 4.69) is 26.1 Å². The number of hydrogen-bond acceptors (Lipinski definition) is 2. The van der Waals surface area contributed by atoms with E-state index in [1.165, 1.54) is 19.3 Å². The smallest absolute Gasteiger partial charge is 0.237 e. The van der Waals surface area contributed by atoms with Crippen LogP contribution in [0.1, 0.15) is 66.7 Å². The fourth-order valence-corrected chi connectivity index (χ4v) is 2.89. The monoisotopic (exact) mass is 254 g/mol. The summed E-state index contributed by atoms with van der Waals surface area (Å²) in [5.74, 6) is 0.552. The minimum absolute atomic E-state index is 0.265. The molecule has 0 aromatic heterocycles. The molecular weight excluding hydrogens is 224 g/mol. The molecule has 0 heterocycles. The molecule has 1 saturated carbocycles. The van der Waals surface area contributed by atoms with Gasteiger partial charge in [-0.25, -0.2) is 0 Å². The zero-order chi connectivity index (χ0) is 14.0. The highest BCUT2D eigenvalue weighted by atomic mass is 16.1. The summed E-state index contributed by atoms with van der Waals surface area (Å²) in [6.07, 6.45) is 6.07. The Bertz CT molecular complexity index is 289. The number of primary amides is 1. The van der Waals surface area contributed by atoms with Crippen LogP contribution >= 0.6 is 0 Å². The number of carbonyl (C=O) groups is 1. The lowest BCUT2D eigenvalue weighted by Crippen LogP contribution is -2.55. The third-order valence-electron chi connectivity index (χ3n) is 4.92. The van der Waals surface area contributed by atoms with Gasteiger partial charge in [0, 0.05) is 6.04 Å². The molecule has 18 heavy (non-hydrogen) atoms. The van der Waals surface area contributed by atoms with Crippen molar-refractivity contribution in [3.8, 4) is 0 Å². The van der Waals surface area contributed by atoms with Gasteiger partial charge in [-0.2, -0.15) is 0 Å². The molecule has 3 heteroatoms. The van der Waals surface area contributed by atoms with Gasteiger partial charge in [-0.15, -0.1) is 0 Å². The second-order valence-electron chi connectivity index (χ2n) is 7.02. The Morgan fingerprint density at radius 3 is 2.06 bits per heavy atom. The molecule has 1 fully saturated rings. The van der Waals surface area contributed by atoms with Crippen molar-refractivity contribution in [2.24, 2.45) is 17.1 Å². The molecule has 0 aliphatic heterocycles. The van der Waals surface area contributed by atoms with Crippen molar-refractivity contribution < 1.29 is 4.79 Å². The second kappa shape index (κ2) is 5.60. The Morgan fingerprint density at radius 1 is 1.17 bits per heavy atom. The van der Waals surface area contributed by atoms with Crippen LogP contribution in [-0.4, -0.2) is 17.5 Å². The lowest BCUT2D eigenvalue weighted by Gasteiger charge is -2.40. The highest BCUT2D eigenvalue weighted by Gasteiger charge is 2.34. The molecule has 0 aromatic rings. The lowest BCUT2D eigenvalue weighted by atomic mass is 9.68. The van der Waals surface area contributed by atoms with Gasteiger partial charge in [0.1, 0.15) is 0 Å². The maximum atomic E-state index is 11.3. The average Bonchev–Trinajstić information content (AvgIpc) is 2.29. The zero-order valence-corrected chi connectivity index (χ0v) is 12.7. The summed E-state index contributed by atoms with van der Waals surface area (Å²) in [6.45, 7) is 10.8. The Kier molecular flexibility index (Phi) is 4.82. The summed E-state index contributed by atoms with van der Waals surface area (Å²) in [6, 6.07) is 0.441. The third-order valence-corrected chi connectivity index (χ3v) is 4.92. The van der Waals surface area contributed by atoms with E-state index >= 15 is 0 Å². The summed E-state index contributed by atoms with van der Waals surface area (Å²) in [7, 11) is 0. The lowest BCUT2D eigenvalue weighted by molar-refractivity contribution is -0.123. The molecule has 0 atom stereocenters. The van der Waals surface area contributed by atoms with E-state index in [1.807, 2.05) is 13.8 Å². The molecule has 0 aromatic carbocycles. The van der Waals surface area contributed by atoms with Gasteiger partial charge in [0.15, 0.2) is 0 Å². The van der Waals surface area contributed by atoms with Gasteiger partial charge in [0.05, 0.1) is 5.54 Å². The van der Waals surface area contributed by atoms with Crippen LogP contribution in [0.3, 0.4) is 0 Å². The molecule has 3 nitrogen and oxygen atoms in total. The Morgan fingerprint density at radius 2 is 1.67 bits per heavy atom. The first-order valence-electron chi connectivity index (χ1n) is 7.26. The summed E-state index contributed by atoms with van der Waals surface area (Å²) in [5, 5.41) is 3.41. The first-order chi connectivity index (χ1) is 8.19. The van der Waals surface area contributed by atoms with Crippen LogP contribution in [0.5, 0.6) is 0 Å². The van der Waals surface area contributed by atoms with Gasteiger partial charge in [0.25, 0.3) is 0 Å². The van der Waals surface area contributed by atoms with Crippen molar-refractivity contribution in [1.29, 1.82) is 0 Å².